The maximum absolute atomic E-state index is 12.4. The summed E-state index contributed by atoms with van der Waals surface area (Å²) in [5.41, 5.74) is 2.41. The van der Waals surface area contributed by atoms with E-state index in [4.69, 9.17) is 0 Å². The van der Waals surface area contributed by atoms with E-state index in [0.29, 0.717) is 0 Å². The summed E-state index contributed by atoms with van der Waals surface area (Å²) in [6.07, 6.45) is 7.64. The van der Waals surface area contributed by atoms with Crippen LogP contribution >= 0.6 is 0 Å². The van der Waals surface area contributed by atoms with Gasteiger partial charge in [0.15, 0.2) is 0 Å². The molecule has 0 atom stereocenters. The van der Waals surface area contributed by atoms with E-state index < -0.39 is 0 Å². The van der Waals surface area contributed by atoms with Crippen molar-refractivity contribution in [3.8, 4) is 0 Å². The molecule has 1 heterocycles. The molecule has 21 heavy (non-hydrogen) atoms. The van der Waals surface area contributed by atoms with Crippen molar-refractivity contribution in [1.29, 1.82) is 0 Å². The standard InChI is InChI=1S/C18H24N2O/c21-18(17-9-5-2-6-10-17)20-13-11-19(12-14-20)15-16-7-3-1-4-8-16/h2,5-7,9-10H,1,3-4,8,11-15H2. The molecule has 0 N–H and O–H groups in total. The van der Waals surface area contributed by atoms with E-state index in [2.05, 4.69) is 11.0 Å². The Hall–Kier alpha value is -1.61. The van der Waals surface area contributed by atoms with E-state index in [-0.39, 0.29) is 5.91 Å². The second-order valence-corrected chi connectivity index (χ2v) is 6.04. The van der Waals surface area contributed by atoms with Gasteiger partial charge in [0.1, 0.15) is 0 Å². The molecule has 0 saturated carbocycles. The Bertz CT molecular complexity index is 501. The van der Waals surface area contributed by atoms with Gasteiger partial charge in [-0.15, -0.1) is 0 Å². The van der Waals surface area contributed by atoms with Crippen LogP contribution in [0.5, 0.6) is 0 Å². The van der Waals surface area contributed by atoms with Crippen molar-refractivity contribution in [2.45, 2.75) is 25.7 Å². The van der Waals surface area contributed by atoms with Gasteiger partial charge < -0.3 is 4.90 Å². The zero-order valence-corrected chi connectivity index (χ0v) is 12.6. The molecule has 112 valence electrons. The number of hydrogen-bond acceptors (Lipinski definition) is 2. The summed E-state index contributed by atoms with van der Waals surface area (Å²) in [6.45, 7) is 4.79. The first-order valence-electron chi connectivity index (χ1n) is 8.07. The molecule has 3 rings (SSSR count). The van der Waals surface area contributed by atoms with Crippen molar-refractivity contribution in [2.75, 3.05) is 32.7 Å². The Labute approximate surface area is 127 Å². The Balaban J connectivity index is 1.51. The molecule has 0 unspecified atom stereocenters. The van der Waals surface area contributed by atoms with E-state index in [9.17, 15) is 4.79 Å². The number of carbonyl (C=O) groups excluding carboxylic acids is 1. The molecule has 1 aliphatic carbocycles. The second-order valence-electron chi connectivity index (χ2n) is 6.04. The second kappa shape index (κ2) is 6.90. The quantitative estimate of drug-likeness (QED) is 0.797. The molecule has 1 aromatic carbocycles. The first kappa shape index (κ1) is 14.3. The van der Waals surface area contributed by atoms with E-state index >= 15 is 0 Å². The van der Waals surface area contributed by atoms with Crippen LogP contribution in [0.25, 0.3) is 0 Å². The van der Waals surface area contributed by atoms with Gasteiger partial charge in [-0.25, -0.2) is 0 Å². The highest BCUT2D eigenvalue weighted by Gasteiger charge is 2.22. The van der Waals surface area contributed by atoms with Crippen LogP contribution in [0.1, 0.15) is 36.0 Å². The van der Waals surface area contributed by atoms with Crippen molar-refractivity contribution < 1.29 is 4.79 Å². The number of carbonyl (C=O) groups is 1. The normalized spacial score (nSPS) is 20.2. The SMILES string of the molecule is O=C(c1ccccc1)N1CCN(CC2=CCCCC2)CC1. The maximum Gasteiger partial charge on any atom is 0.253 e. The minimum Gasteiger partial charge on any atom is -0.336 e. The van der Waals surface area contributed by atoms with Gasteiger partial charge >= 0.3 is 0 Å². The lowest BCUT2D eigenvalue weighted by Crippen LogP contribution is -2.49. The van der Waals surface area contributed by atoms with Crippen molar-refractivity contribution in [3.63, 3.8) is 0 Å². The summed E-state index contributed by atoms with van der Waals surface area (Å²) in [7, 11) is 0. The Kier molecular flexibility index (Phi) is 4.71. The van der Waals surface area contributed by atoms with Crippen LogP contribution in [0.3, 0.4) is 0 Å². The largest absolute Gasteiger partial charge is 0.336 e. The summed E-state index contributed by atoms with van der Waals surface area (Å²) >= 11 is 0. The van der Waals surface area contributed by atoms with E-state index in [1.54, 1.807) is 5.57 Å². The van der Waals surface area contributed by atoms with Gasteiger partial charge in [-0.1, -0.05) is 29.8 Å². The average molecular weight is 284 g/mol. The topological polar surface area (TPSA) is 23.6 Å². The van der Waals surface area contributed by atoms with Crippen LogP contribution in [-0.2, 0) is 0 Å². The highest BCUT2D eigenvalue weighted by molar-refractivity contribution is 5.94. The Morgan fingerprint density at radius 1 is 1.00 bits per heavy atom. The lowest BCUT2D eigenvalue weighted by molar-refractivity contribution is 0.0646. The number of nitrogens with zero attached hydrogens (tertiary/aromatic N) is 2. The molecule has 0 spiro atoms. The molecule has 1 amide bonds. The van der Waals surface area contributed by atoms with Crippen molar-refractivity contribution in [1.82, 2.24) is 9.80 Å². The number of allylic oxidation sites excluding steroid dienone is 1. The molecule has 1 fully saturated rings. The van der Waals surface area contributed by atoms with Gasteiger partial charge in [0.05, 0.1) is 0 Å². The zero-order chi connectivity index (χ0) is 14.5. The minimum atomic E-state index is 0.173. The first-order valence-corrected chi connectivity index (χ1v) is 8.07. The smallest absolute Gasteiger partial charge is 0.253 e. The van der Waals surface area contributed by atoms with Crippen molar-refractivity contribution in [2.24, 2.45) is 0 Å². The molecular weight excluding hydrogens is 260 g/mol. The predicted molar refractivity (Wildman–Crippen MR) is 85.3 cm³/mol. The summed E-state index contributed by atoms with van der Waals surface area (Å²) in [5, 5.41) is 0. The number of hydrogen-bond donors (Lipinski definition) is 0. The monoisotopic (exact) mass is 284 g/mol. The zero-order valence-electron chi connectivity index (χ0n) is 12.6. The van der Waals surface area contributed by atoms with Crippen LogP contribution in [0, 0.1) is 0 Å². The summed E-state index contributed by atoms with van der Waals surface area (Å²) in [5.74, 6) is 0.173. The predicted octanol–water partition coefficient (Wildman–Crippen LogP) is 2.94. The number of piperazine rings is 1. The van der Waals surface area contributed by atoms with E-state index in [1.165, 1.54) is 25.7 Å². The Morgan fingerprint density at radius 2 is 1.76 bits per heavy atom. The third kappa shape index (κ3) is 3.73. The van der Waals surface area contributed by atoms with Crippen LogP contribution in [0.2, 0.25) is 0 Å². The fraction of sp³-hybridized carbons (Fsp3) is 0.500. The number of rotatable bonds is 3. The summed E-state index contributed by atoms with van der Waals surface area (Å²) in [4.78, 5) is 16.9. The molecule has 2 aliphatic rings. The molecular formula is C18H24N2O. The van der Waals surface area contributed by atoms with Gasteiger partial charge in [-0.3, -0.25) is 9.69 Å². The molecule has 0 aromatic heterocycles. The molecule has 0 bridgehead atoms. The Morgan fingerprint density at radius 3 is 2.43 bits per heavy atom. The minimum absolute atomic E-state index is 0.173. The molecule has 0 radical (unpaired) electrons. The molecule has 3 nitrogen and oxygen atoms in total. The average Bonchev–Trinajstić information content (AvgIpc) is 2.57. The summed E-state index contributed by atoms with van der Waals surface area (Å²) < 4.78 is 0. The van der Waals surface area contributed by atoms with Crippen LogP contribution in [-0.4, -0.2) is 48.4 Å². The van der Waals surface area contributed by atoms with Crippen molar-refractivity contribution in [3.05, 3.63) is 47.5 Å². The van der Waals surface area contributed by atoms with Crippen LogP contribution < -0.4 is 0 Å². The highest BCUT2D eigenvalue weighted by Crippen LogP contribution is 2.19. The van der Waals surface area contributed by atoms with Gasteiger partial charge in [0.25, 0.3) is 5.91 Å². The lowest BCUT2D eigenvalue weighted by atomic mass is 9.99. The number of benzene rings is 1. The highest BCUT2D eigenvalue weighted by atomic mass is 16.2. The molecule has 3 heteroatoms. The van der Waals surface area contributed by atoms with Gasteiger partial charge in [0, 0.05) is 38.3 Å². The molecule has 1 aliphatic heterocycles. The lowest BCUT2D eigenvalue weighted by Gasteiger charge is -2.35. The van der Waals surface area contributed by atoms with E-state index in [1.807, 2.05) is 35.2 Å². The third-order valence-electron chi connectivity index (χ3n) is 4.49. The first-order chi connectivity index (χ1) is 10.3. The molecule has 1 aromatic rings. The van der Waals surface area contributed by atoms with E-state index in [0.717, 1.165) is 38.3 Å². The maximum atomic E-state index is 12.4. The third-order valence-corrected chi connectivity index (χ3v) is 4.49. The van der Waals surface area contributed by atoms with Crippen molar-refractivity contribution >= 4 is 5.91 Å². The van der Waals surface area contributed by atoms with Gasteiger partial charge in [-0.2, -0.15) is 0 Å². The molecule has 1 saturated heterocycles. The number of amides is 1. The fourth-order valence-corrected chi connectivity index (χ4v) is 3.21. The summed E-state index contributed by atoms with van der Waals surface area (Å²) in [6, 6.07) is 9.62. The fourth-order valence-electron chi connectivity index (χ4n) is 3.21. The van der Waals surface area contributed by atoms with Crippen LogP contribution in [0.4, 0.5) is 0 Å². The van der Waals surface area contributed by atoms with Gasteiger partial charge in [-0.05, 0) is 37.8 Å². The van der Waals surface area contributed by atoms with Gasteiger partial charge in [0.2, 0.25) is 0 Å². The van der Waals surface area contributed by atoms with Crippen LogP contribution in [0.15, 0.2) is 42.0 Å².